The maximum absolute atomic E-state index is 12.5. The Morgan fingerprint density at radius 1 is 1.13 bits per heavy atom. The van der Waals surface area contributed by atoms with Gasteiger partial charge < -0.3 is 15.0 Å². The fourth-order valence-corrected chi connectivity index (χ4v) is 2.64. The van der Waals surface area contributed by atoms with Gasteiger partial charge in [-0.1, -0.05) is 29.8 Å². The molecule has 2 N–H and O–H groups in total. The monoisotopic (exact) mass is 308 g/mol. The van der Waals surface area contributed by atoms with Crippen LogP contribution in [0.3, 0.4) is 0 Å². The summed E-state index contributed by atoms with van der Waals surface area (Å²) in [6.45, 7) is 4.50. The van der Waals surface area contributed by atoms with Crippen LogP contribution in [-0.2, 0) is 6.54 Å². The number of ether oxygens (including phenoxy) is 1. The first-order chi connectivity index (χ1) is 11.1. The predicted molar refractivity (Wildman–Crippen MR) is 91.9 cm³/mol. The van der Waals surface area contributed by atoms with Crippen molar-refractivity contribution in [2.24, 2.45) is 0 Å². The number of hydrogen-bond acceptors (Lipinski definition) is 2. The predicted octanol–water partition coefficient (Wildman–Crippen LogP) is 3.72. The van der Waals surface area contributed by atoms with Crippen molar-refractivity contribution in [2.45, 2.75) is 20.4 Å². The molecule has 0 saturated carbocycles. The molecule has 1 aromatic heterocycles. The van der Waals surface area contributed by atoms with Crippen LogP contribution in [0, 0.1) is 13.8 Å². The molecular weight excluding hydrogens is 288 g/mol. The molecule has 23 heavy (non-hydrogen) atoms. The number of aryl methyl sites for hydroxylation is 2. The van der Waals surface area contributed by atoms with Gasteiger partial charge in [0.25, 0.3) is 5.91 Å². The van der Waals surface area contributed by atoms with Gasteiger partial charge in [-0.2, -0.15) is 0 Å². The highest BCUT2D eigenvalue weighted by atomic mass is 16.5. The lowest BCUT2D eigenvalue weighted by atomic mass is 10.1. The number of amides is 1. The van der Waals surface area contributed by atoms with Gasteiger partial charge in [0.05, 0.1) is 7.11 Å². The zero-order valence-electron chi connectivity index (χ0n) is 13.6. The summed E-state index contributed by atoms with van der Waals surface area (Å²) in [6, 6.07) is 13.9. The third kappa shape index (κ3) is 3.06. The number of carbonyl (C=O) groups excluding carboxylic acids is 1. The zero-order chi connectivity index (χ0) is 16.4. The largest absolute Gasteiger partial charge is 0.497 e. The molecule has 0 atom stereocenters. The number of carbonyl (C=O) groups is 1. The topological polar surface area (TPSA) is 54.1 Å². The normalized spacial score (nSPS) is 10.7. The Morgan fingerprint density at radius 3 is 2.57 bits per heavy atom. The smallest absolute Gasteiger partial charge is 0.268 e. The Bertz CT molecular complexity index is 848. The van der Waals surface area contributed by atoms with Crippen LogP contribution in [-0.4, -0.2) is 18.0 Å². The Morgan fingerprint density at radius 2 is 1.87 bits per heavy atom. The molecule has 0 radical (unpaired) electrons. The van der Waals surface area contributed by atoms with E-state index in [4.69, 9.17) is 4.74 Å². The van der Waals surface area contributed by atoms with E-state index in [9.17, 15) is 4.79 Å². The van der Waals surface area contributed by atoms with Gasteiger partial charge in [0.2, 0.25) is 0 Å². The maximum Gasteiger partial charge on any atom is 0.268 e. The fraction of sp³-hybridized carbons (Fsp3) is 0.211. The third-order valence-corrected chi connectivity index (χ3v) is 4.07. The Hall–Kier alpha value is -2.75. The van der Waals surface area contributed by atoms with E-state index in [1.54, 1.807) is 7.11 Å². The van der Waals surface area contributed by atoms with E-state index >= 15 is 0 Å². The van der Waals surface area contributed by atoms with Crippen LogP contribution in [0.4, 0.5) is 0 Å². The van der Waals surface area contributed by atoms with Gasteiger partial charge in [-0.3, -0.25) is 4.79 Å². The minimum absolute atomic E-state index is 0.0989. The molecule has 0 aliphatic heterocycles. The molecule has 118 valence electrons. The van der Waals surface area contributed by atoms with Crippen LogP contribution >= 0.6 is 0 Å². The number of aromatic amines is 1. The Labute approximate surface area is 135 Å². The SMILES string of the molecule is COc1ccc2[nH]c(C(=O)NCc3ccc(C)cc3)c(C)c2c1. The molecule has 1 heterocycles. The van der Waals surface area contributed by atoms with Crippen molar-refractivity contribution in [3.63, 3.8) is 0 Å². The lowest BCUT2D eigenvalue weighted by molar-refractivity contribution is 0.0946. The van der Waals surface area contributed by atoms with Crippen LogP contribution in [0.15, 0.2) is 42.5 Å². The molecular formula is C19H20N2O2. The molecule has 0 saturated heterocycles. The molecule has 0 aliphatic carbocycles. The molecule has 4 heteroatoms. The van der Waals surface area contributed by atoms with Crippen molar-refractivity contribution in [1.82, 2.24) is 10.3 Å². The zero-order valence-corrected chi connectivity index (χ0v) is 13.6. The first-order valence-corrected chi connectivity index (χ1v) is 7.58. The van der Waals surface area contributed by atoms with Crippen molar-refractivity contribution >= 4 is 16.8 Å². The van der Waals surface area contributed by atoms with Crippen LogP contribution < -0.4 is 10.1 Å². The summed E-state index contributed by atoms with van der Waals surface area (Å²) in [7, 11) is 1.64. The highest BCUT2D eigenvalue weighted by Crippen LogP contribution is 2.26. The van der Waals surface area contributed by atoms with E-state index in [1.807, 2.05) is 56.3 Å². The number of methoxy groups -OCH3 is 1. The van der Waals surface area contributed by atoms with Crippen molar-refractivity contribution in [2.75, 3.05) is 7.11 Å². The van der Waals surface area contributed by atoms with E-state index in [1.165, 1.54) is 5.56 Å². The van der Waals surface area contributed by atoms with Gasteiger partial charge in [0.1, 0.15) is 11.4 Å². The van der Waals surface area contributed by atoms with E-state index in [2.05, 4.69) is 10.3 Å². The van der Waals surface area contributed by atoms with E-state index in [0.717, 1.165) is 27.8 Å². The van der Waals surface area contributed by atoms with Gasteiger partial charge in [0, 0.05) is 17.4 Å². The summed E-state index contributed by atoms with van der Waals surface area (Å²) in [6.07, 6.45) is 0. The molecule has 0 unspecified atom stereocenters. The summed E-state index contributed by atoms with van der Waals surface area (Å²) in [4.78, 5) is 15.6. The summed E-state index contributed by atoms with van der Waals surface area (Å²) < 4.78 is 5.25. The number of benzene rings is 2. The molecule has 0 aliphatic rings. The van der Waals surface area contributed by atoms with Crippen molar-refractivity contribution in [3.8, 4) is 5.75 Å². The Balaban J connectivity index is 1.80. The summed E-state index contributed by atoms with van der Waals surface area (Å²) in [5, 5.41) is 3.97. The number of aromatic nitrogens is 1. The lowest BCUT2D eigenvalue weighted by Crippen LogP contribution is -2.23. The third-order valence-electron chi connectivity index (χ3n) is 4.07. The number of nitrogens with one attached hydrogen (secondary N) is 2. The standard InChI is InChI=1S/C19H20N2O2/c1-12-4-6-14(7-5-12)11-20-19(22)18-13(2)16-10-15(23-3)8-9-17(16)21-18/h4-10,21H,11H2,1-3H3,(H,20,22). The first kappa shape index (κ1) is 15.2. The molecule has 3 aromatic rings. The number of H-pyrrole nitrogens is 1. The minimum Gasteiger partial charge on any atom is -0.497 e. The van der Waals surface area contributed by atoms with Gasteiger partial charge in [-0.05, 0) is 43.2 Å². The second-order valence-corrected chi connectivity index (χ2v) is 5.70. The van der Waals surface area contributed by atoms with E-state index in [-0.39, 0.29) is 5.91 Å². The van der Waals surface area contributed by atoms with Crippen LogP contribution in [0.2, 0.25) is 0 Å². The molecule has 3 rings (SSSR count). The second-order valence-electron chi connectivity index (χ2n) is 5.70. The van der Waals surface area contributed by atoms with Gasteiger partial charge >= 0.3 is 0 Å². The molecule has 1 amide bonds. The first-order valence-electron chi connectivity index (χ1n) is 7.58. The maximum atomic E-state index is 12.5. The Kier molecular flexibility index (Phi) is 4.06. The highest BCUT2D eigenvalue weighted by molar-refractivity contribution is 6.01. The molecule has 0 bridgehead atoms. The molecule has 0 fully saturated rings. The highest BCUT2D eigenvalue weighted by Gasteiger charge is 2.15. The number of fused-ring (bicyclic) bond motifs is 1. The van der Waals surface area contributed by atoms with Crippen molar-refractivity contribution in [1.29, 1.82) is 0 Å². The molecule has 4 nitrogen and oxygen atoms in total. The average Bonchev–Trinajstić information content (AvgIpc) is 2.90. The average molecular weight is 308 g/mol. The molecule has 0 spiro atoms. The quantitative estimate of drug-likeness (QED) is 0.771. The van der Waals surface area contributed by atoms with E-state index in [0.29, 0.717) is 12.2 Å². The summed E-state index contributed by atoms with van der Waals surface area (Å²) in [5.41, 5.74) is 4.75. The number of hydrogen-bond donors (Lipinski definition) is 2. The van der Waals surface area contributed by atoms with Crippen LogP contribution in [0.25, 0.3) is 10.9 Å². The summed E-state index contributed by atoms with van der Waals surface area (Å²) >= 11 is 0. The fourth-order valence-electron chi connectivity index (χ4n) is 2.64. The van der Waals surface area contributed by atoms with Crippen LogP contribution in [0.1, 0.15) is 27.2 Å². The van der Waals surface area contributed by atoms with Gasteiger partial charge in [0.15, 0.2) is 0 Å². The second kappa shape index (κ2) is 6.16. The van der Waals surface area contributed by atoms with Gasteiger partial charge in [-0.25, -0.2) is 0 Å². The van der Waals surface area contributed by atoms with Gasteiger partial charge in [-0.15, -0.1) is 0 Å². The lowest BCUT2D eigenvalue weighted by Gasteiger charge is -2.05. The minimum atomic E-state index is -0.0989. The summed E-state index contributed by atoms with van der Waals surface area (Å²) in [5.74, 6) is 0.685. The van der Waals surface area contributed by atoms with Crippen LogP contribution in [0.5, 0.6) is 5.75 Å². The van der Waals surface area contributed by atoms with E-state index < -0.39 is 0 Å². The molecule has 2 aromatic carbocycles. The van der Waals surface area contributed by atoms with Crippen molar-refractivity contribution < 1.29 is 9.53 Å². The number of rotatable bonds is 4. The van der Waals surface area contributed by atoms with Crippen molar-refractivity contribution in [3.05, 3.63) is 64.8 Å².